The zero-order valence-electron chi connectivity index (χ0n) is 9.64. The molecule has 0 radical (unpaired) electrons. The van der Waals surface area contributed by atoms with E-state index in [9.17, 15) is 9.50 Å². The summed E-state index contributed by atoms with van der Waals surface area (Å²) in [5.74, 6) is -0.509. The minimum absolute atomic E-state index is 0.0280. The Hall–Kier alpha value is -1.72. The number of hydrogen-bond acceptors (Lipinski definition) is 4. The smallest absolute Gasteiger partial charge is 0.224 e. The van der Waals surface area contributed by atoms with Gasteiger partial charge in [0.15, 0.2) is 11.6 Å². The fraction of sp³-hybridized carbons (Fsp3) is 0.167. The molecule has 0 atom stereocenters. The van der Waals surface area contributed by atoms with Crippen molar-refractivity contribution in [2.75, 3.05) is 11.9 Å². The molecule has 0 aliphatic rings. The molecule has 6 heteroatoms. The molecule has 0 spiro atoms. The predicted octanol–water partition coefficient (Wildman–Crippen LogP) is 2.53. The van der Waals surface area contributed by atoms with E-state index >= 15 is 0 Å². The average molecular weight is 268 g/mol. The molecule has 0 bridgehead atoms. The number of hydrogen-bond donors (Lipinski definition) is 1. The van der Waals surface area contributed by atoms with Crippen LogP contribution in [0, 0.1) is 5.82 Å². The second kappa shape index (κ2) is 5.29. The van der Waals surface area contributed by atoms with Crippen LogP contribution in [0.2, 0.25) is 5.28 Å². The lowest BCUT2D eigenvalue weighted by atomic mass is 10.1. The fourth-order valence-corrected chi connectivity index (χ4v) is 1.79. The molecule has 0 fully saturated rings. The number of aromatic nitrogens is 2. The van der Waals surface area contributed by atoms with Crippen LogP contribution in [0.1, 0.15) is 5.56 Å². The molecule has 0 amide bonds. The number of aliphatic hydroxyl groups is 1. The minimum Gasteiger partial charge on any atom is -0.392 e. The molecular formula is C12H11ClFN3O. The van der Waals surface area contributed by atoms with Gasteiger partial charge in [-0.3, -0.25) is 0 Å². The van der Waals surface area contributed by atoms with Crippen molar-refractivity contribution in [3.05, 3.63) is 47.1 Å². The van der Waals surface area contributed by atoms with Crippen LogP contribution in [-0.2, 0) is 6.61 Å². The van der Waals surface area contributed by atoms with Gasteiger partial charge in [0.2, 0.25) is 5.28 Å². The van der Waals surface area contributed by atoms with Gasteiger partial charge in [0, 0.05) is 18.3 Å². The maximum absolute atomic E-state index is 13.7. The van der Waals surface area contributed by atoms with E-state index in [1.54, 1.807) is 31.3 Å². The molecule has 94 valence electrons. The van der Waals surface area contributed by atoms with Crippen LogP contribution >= 0.6 is 11.6 Å². The first-order valence-electron chi connectivity index (χ1n) is 5.24. The van der Waals surface area contributed by atoms with Crippen LogP contribution in [0.25, 0.3) is 0 Å². The third-order valence-corrected chi connectivity index (χ3v) is 2.72. The van der Waals surface area contributed by atoms with Crippen LogP contribution in [0.15, 0.2) is 30.5 Å². The molecule has 0 unspecified atom stereocenters. The van der Waals surface area contributed by atoms with Gasteiger partial charge in [-0.2, -0.15) is 4.98 Å². The van der Waals surface area contributed by atoms with Crippen LogP contribution in [0.5, 0.6) is 0 Å². The molecule has 2 aromatic rings. The van der Waals surface area contributed by atoms with Gasteiger partial charge in [-0.05, 0) is 17.7 Å². The predicted molar refractivity (Wildman–Crippen MR) is 67.4 cm³/mol. The second-order valence-electron chi connectivity index (χ2n) is 3.66. The van der Waals surface area contributed by atoms with Crippen molar-refractivity contribution in [3.8, 4) is 0 Å². The molecule has 4 nitrogen and oxygen atoms in total. The highest BCUT2D eigenvalue weighted by molar-refractivity contribution is 6.28. The Morgan fingerprint density at radius 3 is 2.83 bits per heavy atom. The van der Waals surface area contributed by atoms with Gasteiger partial charge in [-0.15, -0.1) is 0 Å². The SMILES string of the molecule is CN(c1ccccc1CO)c1nc(Cl)ncc1F. The van der Waals surface area contributed by atoms with Crippen LogP contribution in [-0.4, -0.2) is 22.1 Å². The molecule has 1 aromatic heterocycles. The standard InChI is InChI=1S/C12H11ClFN3O/c1-17(10-5-3-2-4-8(10)7-18)11-9(14)6-15-12(13)16-11/h2-6,18H,7H2,1H3. The molecule has 18 heavy (non-hydrogen) atoms. The molecule has 0 aliphatic heterocycles. The maximum Gasteiger partial charge on any atom is 0.224 e. The largest absolute Gasteiger partial charge is 0.392 e. The number of rotatable bonds is 3. The Morgan fingerprint density at radius 1 is 1.39 bits per heavy atom. The summed E-state index contributed by atoms with van der Waals surface area (Å²) in [6.45, 7) is -0.138. The third kappa shape index (κ3) is 2.42. The van der Waals surface area contributed by atoms with Crippen molar-refractivity contribution in [1.29, 1.82) is 0 Å². The van der Waals surface area contributed by atoms with Crippen LogP contribution in [0.3, 0.4) is 0 Å². The summed E-state index contributed by atoms with van der Waals surface area (Å²) in [5.41, 5.74) is 1.34. The molecule has 1 aromatic carbocycles. The van der Waals surface area contributed by atoms with Gasteiger partial charge in [0.05, 0.1) is 12.8 Å². The first-order chi connectivity index (χ1) is 8.63. The number of para-hydroxylation sites is 1. The van der Waals surface area contributed by atoms with Crippen molar-refractivity contribution in [1.82, 2.24) is 9.97 Å². The van der Waals surface area contributed by atoms with Gasteiger partial charge >= 0.3 is 0 Å². The Balaban J connectivity index is 2.47. The molecule has 1 heterocycles. The average Bonchev–Trinajstić information content (AvgIpc) is 2.40. The lowest BCUT2D eigenvalue weighted by molar-refractivity contribution is 0.282. The van der Waals surface area contributed by atoms with E-state index in [0.29, 0.717) is 11.3 Å². The minimum atomic E-state index is -0.574. The van der Waals surface area contributed by atoms with Gasteiger partial charge in [0.25, 0.3) is 0 Å². The summed E-state index contributed by atoms with van der Waals surface area (Å²) >= 11 is 5.66. The van der Waals surface area contributed by atoms with E-state index in [2.05, 4.69) is 9.97 Å². The lowest BCUT2D eigenvalue weighted by Crippen LogP contribution is -2.15. The Bertz CT molecular complexity index is 565. The van der Waals surface area contributed by atoms with E-state index in [0.717, 1.165) is 6.20 Å². The topological polar surface area (TPSA) is 49.2 Å². The van der Waals surface area contributed by atoms with E-state index in [1.165, 1.54) is 4.90 Å². The van der Waals surface area contributed by atoms with Crippen molar-refractivity contribution in [3.63, 3.8) is 0 Å². The summed E-state index contributed by atoms with van der Waals surface area (Å²) in [5, 5.41) is 9.23. The van der Waals surface area contributed by atoms with E-state index in [1.807, 2.05) is 0 Å². The number of aliphatic hydroxyl groups excluding tert-OH is 1. The van der Waals surface area contributed by atoms with Crippen molar-refractivity contribution in [2.45, 2.75) is 6.61 Å². The Kier molecular flexibility index (Phi) is 3.74. The highest BCUT2D eigenvalue weighted by Crippen LogP contribution is 2.27. The Morgan fingerprint density at radius 2 is 2.11 bits per heavy atom. The number of halogens is 2. The Labute approximate surface area is 109 Å². The molecule has 2 rings (SSSR count). The van der Waals surface area contributed by atoms with Crippen LogP contribution in [0.4, 0.5) is 15.9 Å². The number of anilines is 2. The highest BCUT2D eigenvalue weighted by atomic mass is 35.5. The summed E-state index contributed by atoms with van der Waals surface area (Å²) in [7, 11) is 1.65. The first kappa shape index (κ1) is 12.7. The van der Waals surface area contributed by atoms with Crippen molar-refractivity contribution in [2.24, 2.45) is 0 Å². The molecule has 0 aliphatic carbocycles. The maximum atomic E-state index is 13.7. The zero-order valence-corrected chi connectivity index (χ0v) is 10.4. The van der Waals surface area contributed by atoms with E-state index < -0.39 is 5.82 Å². The summed E-state index contributed by atoms with van der Waals surface area (Å²) in [4.78, 5) is 8.93. The number of benzene rings is 1. The van der Waals surface area contributed by atoms with E-state index in [-0.39, 0.29) is 17.7 Å². The molecule has 0 saturated heterocycles. The molecular weight excluding hydrogens is 257 g/mol. The highest BCUT2D eigenvalue weighted by Gasteiger charge is 2.14. The van der Waals surface area contributed by atoms with Gasteiger partial charge < -0.3 is 10.0 Å². The lowest BCUT2D eigenvalue weighted by Gasteiger charge is -2.21. The fourth-order valence-electron chi connectivity index (χ4n) is 1.66. The normalized spacial score (nSPS) is 10.4. The monoisotopic (exact) mass is 267 g/mol. The van der Waals surface area contributed by atoms with Crippen LogP contribution < -0.4 is 4.90 Å². The quantitative estimate of drug-likeness (QED) is 0.868. The van der Waals surface area contributed by atoms with Crippen molar-refractivity contribution >= 4 is 23.1 Å². The van der Waals surface area contributed by atoms with Gasteiger partial charge in [0.1, 0.15) is 0 Å². The summed E-state index contributed by atoms with van der Waals surface area (Å²) in [6.07, 6.45) is 1.02. The summed E-state index contributed by atoms with van der Waals surface area (Å²) in [6, 6.07) is 7.12. The van der Waals surface area contributed by atoms with E-state index in [4.69, 9.17) is 11.6 Å². The zero-order chi connectivity index (χ0) is 13.1. The molecule has 0 saturated carbocycles. The van der Waals surface area contributed by atoms with Gasteiger partial charge in [-0.1, -0.05) is 18.2 Å². The third-order valence-electron chi connectivity index (χ3n) is 2.54. The second-order valence-corrected chi connectivity index (χ2v) is 3.99. The van der Waals surface area contributed by atoms with Gasteiger partial charge in [-0.25, -0.2) is 9.37 Å². The molecule has 1 N–H and O–H groups in total. The first-order valence-corrected chi connectivity index (χ1v) is 5.62. The number of nitrogens with zero attached hydrogens (tertiary/aromatic N) is 3. The summed E-state index contributed by atoms with van der Waals surface area (Å²) < 4.78 is 13.7. The van der Waals surface area contributed by atoms with Crippen molar-refractivity contribution < 1.29 is 9.50 Å².